The highest BCUT2D eigenvalue weighted by Gasteiger charge is 2.27. The Kier molecular flexibility index (Phi) is 10.2. The smallest absolute Gasteiger partial charge is 0.247 e. The molecular formula is C37H42N4O2. The number of anilines is 2. The molecule has 0 saturated carbocycles. The monoisotopic (exact) mass is 574 g/mol. The lowest BCUT2D eigenvalue weighted by Gasteiger charge is -2.38. The number of carbonyl (C=O) groups is 1. The summed E-state index contributed by atoms with van der Waals surface area (Å²) in [6.45, 7) is 7.50. The number of aromatic nitrogens is 1. The summed E-state index contributed by atoms with van der Waals surface area (Å²) in [7, 11) is 2.05. The van der Waals surface area contributed by atoms with Gasteiger partial charge in [0.15, 0.2) is 0 Å². The van der Waals surface area contributed by atoms with Crippen molar-refractivity contribution >= 4 is 23.4 Å². The molecule has 0 radical (unpaired) electrons. The first-order chi connectivity index (χ1) is 20.9. The molecule has 4 aromatic rings. The third-order valence-corrected chi connectivity index (χ3v) is 7.93. The SMILES string of the molecule is CC(C)Oc1ccc(/C=C/C(=O)N(Cc2ccc(N(C)c3ccncc3)cc2)C2CCN(Cc3ccccc3)CC2)cc1. The van der Waals surface area contributed by atoms with Crippen LogP contribution in [0.3, 0.4) is 0 Å². The van der Waals surface area contributed by atoms with E-state index in [1.807, 2.05) is 56.3 Å². The van der Waals surface area contributed by atoms with Crippen molar-refractivity contribution in [2.75, 3.05) is 25.0 Å². The molecule has 0 unspecified atom stereocenters. The van der Waals surface area contributed by atoms with Crippen molar-refractivity contribution in [2.24, 2.45) is 0 Å². The van der Waals surface area contributed by atoms with Gasteiger partial charge in [-0.25, -0.2) is 0 Å². The average Bonchev–Trinajstić information content (AvgIpc) is 3.04. The predicted molar refractivity (Wildman–Crippen MR) is 175 cm³/mol. The summed E-state index contributed by atoms with van der Waals surface area (Å²) in [6.07, 6.45) is 9.27. The minimum atomic E-state index is 0.0435. The Morgan fingerprint density at radius 1 is 0.884 bits per heavy atom. The molecule has 1 aliphatic rings. The third-order valence-electron chi connectivity index (χ3n) is 7.93. The summed E-state index contributed by atoms with van der Waals surface area (Å²) in [4.78, 5) is 24.6. The Labute approximate surface area is 256 Å². The lowest BCUT2D eigenvalue weighted by molar-refractivity contribution is -0.130. The number of amides is 1. The van der Waals surface area contributed by atoms with Crippen LogP contribution in [0.15, 0.2) is 109 Å². The molecule has 222 valence electrons. The highest BCUT2D eigenvalue weighted by Crippen LogP contribution is 2.25. The summed E-state index contributed by atoms with van der Waals surface area (Å²) in [5.74, 6) is 0.877. The van der Waals surface area contributed by atoms with Crippen LogP contribution in [-0.4, -0.2) is 53.0 Å². The normalized spacial score (nSPS) is 14.2. The first kappa shape index (κ1) is 30.1. The highest BCUT2D eigenvalue weighted by atomic mass is 16.5. The maximum atomic E-state index is 13.8. The molecular weight excluding hydrogens is 532 g/mol. The Balaban J connectivity index is 1.28. The van der Waals surface area contributed by atoms with Gasteiger partial charge in [0.05, 0.1) is 6.10 Å². The maximum absolute atomic E-state index is 13.8. The number of piperidine rings is 1. The van der Waals surface area contributed by atoms with Crippen LogP contribution < -0.4 is 9.64 Å². The van der Waals surface area contributed by atoms with E-state index < -0.39 is 0 Å². The first-order valence-electron chi connectivity index (χ1n) is 15.2. The number of carbonyl (C=O) groups excluding carboxylic acids is 1. The molecule has 6 nitrogen and oxygen atoms in total. The molecule has 1 fully saturated rings. The second-order valence-corrected chi connectivity index (χ2v) is 11.5. The lowest BCUT2D eigenvalue weighted by atomic mass is 10.0. The fourth-order valence-corrected chi connectivity index (χ4v) is 5.55. The number of nitrogens with zero attached hydrogens (tertiary/aromatic N) is 4. The number of likely N-dealkylation sites (tertiary alicyclic amines) is 1. The van der Waals surface area contributed by atoms with Gasteiger partial charge in [-0.1, -0.05) is 54.6 Å². The van der Waals surface area contributed by atoms with Crippen molar-refractivity contribution in [2.45, 2.75) is 51.9 Å². The van der Waals surface area contributed by atoms with Crippen LogP contribution >= 0.6 is 0 Å². The van der Waals surface area contributed by atoms with Gasteiger partial charge in [-0.05, 0) is 85.9 Å². The number of hydrogen-bond donors (Lipinski definition) is 0. The van der Waals surface area contributed by atoms with E-state index in [0.717, 1.165) is 60.7 Å². The van der Waals surface area contributed by atoms with Crippen molar-refractivity contribution in [1.29, 1.82) is 0 Å². The Bertz CT molecular complexity index is 1450. The van der Waals surface area contributed by atoms with Gasteiger partial charge in [0.2, 0.25) is 5.91 Å². The molecule has 2 heterocycles. The van der Waals surface area contributed by atoms with Crippen LogP contribution in [-0.2, 0) is 17.9 Å². The van der Waals surface area contributed by atoms with Crippen molar-refractivity contribution in [3.63, 3.8) is 0 Å². The average molecular weight is 575 g/mol. The molecule has 3 aromatic carbocycles. The van der Waals surface area contributed by atoms with Crippen molar-refractivity contribution < 1.29 is 9.53 Å². The van der Waals surface area contributed by atoms with Crippen LogP contribution in [0.4, 0.5) is 11.4 Å². The van der Waals surface area contributed by atoms with Gasteiger partial charge < -0.3 is 14.5 Å². The highest BCUT2D eigenvalue weighted by molar-refractivity contribution is 5.92. The van der Waals surface area contributed by atoms with Gasteiger partial charge in [-0.3, -0.25) is 14.7 Å². The van der Waals surface area contributed by atoms with E-state index in [-0.39, 0.29) is 18.1 Å². The molecule has 1 amide bonds. The standard InChI is InChI=1S/C37H42N4O2/c1-29(2)43-36-16-11-30(12-17-36)13-18-37(42)41(35-21-25-40(26-22-35)27-31-7-5-4-6-8-31)28-32-9-14-33(15-10-32)39(3)34-19-23-38-24-20-34/h4-20,23-24,29,35H,21-22,25-28H2,1-3H3/b18-13+. The molecule has 0 spiro atoms. The minimum absolute atomic E-state index is 0.0435. The maximum Gasteiger partial charge on any atom is 0.247 e. The van der Waals surface area contributed by atoms with E-state index in [2.05, 4.69) is 81.3 Å². The largest absolute Gasteiger partial charge is 0.491 e. The van der Waals surface area contributed by atoms with E-state index in [0.29, 0.717) is 6.54 Å². The third kappa shape index (κ3) is 8.55. The van der Waals surface area contributed by atoms with Crippen molar-refractivity contribution in [1.82, 2.24) is 14.8 Å². The van der Waals surface area contributed by atoms with Gasteiger partial charge in [0.25, 0.3) is 0 Å². The summed E-state index contributed by atoms with van der Waals surface area (Å²) in [5.41, 5.74) is 5.60. The summed E-state index contributed by atoms with van der Waals surface area (Å²) in [6, 6.07) is 31.2. The number of pyridine rings is 1. The van der Waals surface area contributed by atoms with Crippen LogP contribution in [0.2, 0.25) is 0 Å². The van der Waals surface area contributed by atoms with E-state index >= 15 is 0 Å². The zero-order valence-corrected chi connectivity index (χ0v) is 25.5. The zero-order valence-electron chi connectivity index (χ0n) is 25.5. The van der Waals surface area contributed by atoms with E-state index in [1.165, 1.54) is 5.56 Å². The zero-order chi connectivity index (χ0) is 30.0. The Hall–Kier alpha value is -4.42. The van der Waals surface area contributed by atoms with E-state index in [9.17, 15) is 4.79 Å². The molecule has 5 rings (SSSR count). The summed E-state index contributed by atoms with van der Waals surface area (Å²) >= 11 is 0. The summed E-state index contributed by atoms with van der Waals surface area (Å²) < 4.78 is 5.76. The van der Waals surface area contributed by atoms with Gasteiger partial charge in [0, 0.05) is 69.1 Å². The first-order valence-corrected chi connectivity index (χ1v) is 15.2. The molecule has 43 heavy (non-hydrogen) atoms. The van der Waals surface area contributed by atoms with Gasteiger partial charge in [-0.2, -0.15) is 0 Å². The second-order valence-electron chi connectivity index (χ2n) is 11.5. The number of ether oxygens (including phenoxy) is 1. The van der Waals surface area contributed by atoms with Gasteiger partial charge in [0.1, 0.15) is 5.75 Å². The van der Waals surface area contributed by atoms with Crippen LogP contribution in [0.25, 0.3) is 6.08 Å². The number of hydrogen-bond acceptors (Lipinski definition) is 5. The molecule has 0 aliphatic carbocycles. The molecule has 1 aromatic heterocycles. The molecule has 1 aliphatic heterocycles. The van der Waals surface area contributed by atoms with E-state index in [4.69, 9.17) is 4.74 Å². The van der Waals surface area contributed by atoms with Crippen LogP contribution in [0.1, 0.15) is 43.4 Å². The molecule has 0 atom stereocenters. The number of benzene rings is 3. The minimum Gasteiger partial charge on any atom is -0.491 e. The molecule has 0 N–H and O–H groups in total. The predicted octanol–water partition coefficient (Wildman–Crippen LogP) is 7.34. The van der Waals surface area contributed by atoms with Crippen LogP contribution in [0, 0.1) is 0 Å². The topological polar surface area (TPSA) is 48.9 Å². The Morgan fingerprint density at radius 3 is 2.19 bits per heavy atom. The van der Waals surface area contributed by atoms with Gasteiger partial charge >= 0.3 is 0 Å². The quantitative estimate of drug-likeness (QED) is 0.175. The second kappa shape index (κ2) is 14.7. The Morgan fingerprint density at radius 2 is 1.53 bits per heavy atom. The summed E-state index contributed by atoms with van der Waals surface area (Å²) in [5, 5.41) is 0. The number of rotatable bonds is 11. The van der Waals surface area contributed by atoms with E-state index in [1.54, 1.807) is 18.5 Å². The van der Waals surface area contributed by atoms with Crippen molar-refractivity contribution in [3.8, 4) is 5.75 Å². The molecule has 6 heteroatoms. The molecule has 1 saturated heterocycles. The van der Waals surface area contributed by atoms with Gasteiger partial charge in [-0.15, -0.1) is 0 Å². The van der Waals surface area contributed by atoms with Crippen molar-refractivity contribution in [3.05, 3.63) is 126 Å². The lowest BCUT2D eigenvalue weighted by Crippen LogP contribution is -2.46. The fourth-order valence-electron chi connectivity index (χ4n) is 5.55. The molecule has 0 bridgehead atoms. The fraction of sp³-hybridized carbons (Fsp3) is 0.297. The van der Waals surface area contributed by atoms with Crippen LogP contribution in [0.5, 0.6) is 5.75 Å².